The summed E-state index contributed by atoms with van der Waals surface area (Å²) in [5.41, 5.74) is 0.525. The van der Waals surface area contributed by atoms with E-state index in [1.807, 2.05) is 37.3 Å². The van der Waals surface area contributed by atoms with Gasteiger partial charge in [0.1, 0.15) is 0 Å². The molecule has 0 radical (unpaired) electrons. The minimum Gasteiger partial charge on any atom is -0.394 e. The van der Waals surface area contributed by atoms with Crippen molar-refractivity contribution < 1.29 is 14.6 Å². The third kappa shape index (κ3) is 3.54. The number of likely N-dealkylation sites (N-methyl/N-ethyl adjacent to an activating group) is 1. The van der Waals surface area contributed by atoms with Crippen LogP contribution in [0.25, 0.3) is 0 Å². The summed E-state index contributed by atoms with van der Waals surface area (Å²) in [6.07, 6.45) is 1.08. The molecule has 19 heavy (non-hydrogen) atoms. The quantitative estimate of drug-likeness (QED) is 0.780. The molecule has 0 aliphatic carbocycles. The van der Waals surface area contributed by atoms with Crippen LogP contribution in [0.15, 0.2) is 30.3 Å². The van der Waals surface area contributed by atoms with Crippen LogP contribution in [0.3, 0.4) is 0 Å². The topological polar surface area (TPSA) is 50.7 Å². The normalized spacial score (nSPS) is 22.3. The standard InChI is InChI=1S/C15H23NO3/c1-2-16-15(11-17,13-6-4-3-5-7-13)12-19-14-8-9-18-10-14/h3-7,14,16-17H,2,8-12H2,1H3. The summed E-state index contributed by atoms with van der Waals surface area (Å²) in [4.78, 5) is 0. The van der Waals surface area contributed by atoms with Gasteiger partial charge in [0.2, 0.25) is 0 Å². The van der Waals surface area contributed by atoms with E-state index in [0.717, 1.165) is 25.1 Å². The number of ether oxygens (including phenoxy) is 2. The number of rotatable bonds is 7. The Morgan fingerprint density at radius 2 is 2.21 bits per heavy atom. The molecular formula is C15H23NO3. The zero-order valence-corrected chi connectivity index (χ0v) is 11.5. The van der Waals surface area contributed by atoms with E-state index in [-0.39, 0.29) is 12.7 Å². The first-order chi connectivity index (χ1) is 9.30. The van der Waals surface area contributed by atoms with Crippen LogP contribution >= 0.6 is 0 Å². The zero-order valence-electron chi connectivity index (χ0n) is 11.5. The Hall–Kier alpha value is -0.940. The summed E-state index contributed by atoms with van der Waals surface area (Å²) in [6, 6.07) is 9.98. The lowest BCUT2D eigenvalue weighted by Crippen LogP contribution is -2.50. The van der Waals surface area contributed by atoms with E-state index >= 15 is 0 Å². The van der Waals surface area contributed by atoms with Gasteiger partial charge in [-0.25, -0.2) is 0 Å². The number of nitrogens with one attached hydrogen (secondary N) is 1. The second-order valence-electron chi connectivity index (χ2n) is 4.93. The van der Waals surface area contributed by atoms with Crippen LogP contribution in [0.4, 0.5) is 0 Å². The predicted molar refractivity (Wildman–Crippen MR) is 74.1 cm³/mol. The van der Waals surface area contributed by atoms with Gasteiger partial charge in [0.15, 0.2) is 0 Å². The maximum Gasteiger partial charge on any atom is 0.0906 e. The lowest BCUT2D eigenvalue weighted by atomic mass is 9.91. The van der Waals surface area contributed by atoms with Crippen LogP contribution in [0, 0.1) is 0 Å². The fourth-order valence-electron chi connectivity index (χ4n) is 2.43. The van der Waals surface area contributed by atoms with Gasteiger partial charge in [0, 0.05) is 6.61 Å². The molecule has 1 aliphatic heterocycles. The van der Waals surface area contributed by atoms with Gasteiger partial charge in [0.05, 0.1) is 31.5 Å². The van der Waals surface area contributed by atoms with Crippen molar-refractivity contribution in [1.82, 2.24) is 5.32 Å². The van der Waals surface area contributed by atoms with Crippen LogP contribution in [-0.2, 0) is 15.0 Å². The van der Waals surface area contributed by atoms with E-state index < -0.39 is 5.54 Å². The highest BCUT2D eigenvalue weighted by Gasteiger charge is 2.32. The molecule has 2 unspecified atom stereocenters. The second kappa shape index (κ2) is 7.01. The predicted octanol–water partition coefficient (Wildman–Crippen LogP) is 1.29. The van der Waals surface area contributed by atoms with Crippen molar-refractivity contribution in [3.8, 4) is 0 Å². The Bertz CT molecular complexity index is 365. The molecule has 0 aromatic heterocycles. The first-order valence-electron chi connectivity index (χ1n) is 6.91. The van der Waals surface area contributed by atoms with Gasteiger partial charge in [-0.05, 0) is 18.5 Å². The summed E-state index contributed by atoms with van der Waals surface area (Å²) in [7, 11) is 0. The first-order valence-corrected chi connectivity index (χ1v) is 6.91. The van der Waals surface area contributed by atoms with E-state index in [1.54, 1.807) is 0 Å². The van der Waals surface area contributed by atoms with Crippen LogP contribution in [-0.4, -0.2) is 44.2 Å². The molecule has 0 bridgehead atoms. The van der Waals surface area contributed by atoms with Crippen LogP contribution < -0.4 is 5.32 Å². The van der Waals surface area contributed by atoms with Crippen LogP contribution in [0.5, 0.6) is 0 Å². The smallest absolute Gasteiger partial charge is 0.0906 e. The largest absolute Gasteiger partial charge is 0.394 e. The molecule has 1 aromatic rings. The van der Waals surface area contributed by atoms with Crippen molar-refractivity contribution in [2.45, 2.75) is 25.0 Å². The van der Waals surface area contributed by atoms with E-state index in [9.17, 15) is 5.11 Å². The van der Waals surface area contributed by atoms with Crippen LogP contribution in [0.2, 0.25) is 0 Å². The molecule has 1 fully saturated rings. The molecule has 2 N–H and O–H groups in total. The summed E-state index contributed by atoms with van der Waals surface area (Å²) < 4.78 is 11.2. The van der Waals surface area contributed by atoms with Gasteiger partial charge >= 0.3 is 0 Å². The lowest BCUT2D eigenvalue weighted by molar-refractivity contribution is -0.0144. The summed E-state index contributed by atoms with van der Waals surface area (Å²) in [5, 5.41) is 13.2. The molecule has 0 amide bonds. The fourth-order valence-corrected chi connectivity index (χ4v) is 2.43. The van der Waals surface area contributed by atoms with Crippen molar-refractivity contribution in [2.24, 2.45) is 0 Å². The van der Waals surface area contributed by atoms with Crippen molar-refractivity contribution in [2.75, 3.05) is 33.0 Å². The Kier molecular flexibility index (Phi) is 5.34. The second-order valence-corrected chi connectivity index (χ2v) is 4.93. The molecule has 0 spiro atoms. The van der Waals surface area contributed by atoms with Crippen molar-refractivity contribution in [1.29, 1.82) is 0 Å². The zero-order chi connectivity index (χ0) is 13.6. The van der Waals surface area contributed by atoms with Gasteiger partial charge in [-0.1, -0.05) is 37.3 Å². The Morgan fingerprint density at radius 3 is 2.79 bits per heavy atom. The Balaban J connectivity index is 2.09. The molecule has 1 heterocycles. The average Bonchev–Trinajstić information content (AvgIpc) is 2.98. The fraction of sp³-hybridized carbons (Fsp3) is 0.600. The molecule has 1 aromatic carbocycles. The number of hydrogen-bond acceptors (Lipinski definition) is 4. The maximum atomic E-state index is 9.86. The van der Waals surface area contributed by atoms with E-state index in [1.165, 1.54) is 0 Å². The lowest BCUT2D eigenvalue weighted by Gasteiger charge is -2.34. The number of benzene rings is 1. The van der Waals surface area contributed by atoms with Gasteiger partial charge in [-0.3, -0.25) is 0 Å². The minimum atomic E-state index is -0.529. The number of aliphatic hydroxyl groups is 1. The summed E-state index contributed by atoms with van der Waals surface area (Å²) >= 11 is 0. The van der Waals surface area contributed by atoms with E-state index in [0.29, 0.717) is 13.2 Å². The van der Waals surface area contributed by atoms with Crippen molar-refractivity contribution in [3.05, 3.63) is 35.9 Å². The molecule has 0 saturated carbocycles. The van der Waals surface area contributed by atoms with Gasteiger partial charge in [-0.15, -0.1) is 0 Å². The highest BCUT2D eigenvalue weighted by Crippen LogP contribution is 2.23. The minimum absolute atomic E-state index is 0.0123. The highest BCUT2D eigenvalue weighted by molar-refractivity contribution is 5.25. The Labute approximate surface area is 114 Å². The summed E-state index contributed by atoms with van der Waals surface area (Å²) in [6.45, 7) is 4.70. The van der Waals surface area contributed by atoms with Crippen LogP contribution in [0.1, 0.15) is 18.9 Å². The van der Waals surface area contributed by atoms with E-state index in [4.69, 9.17) is 9.47 Å². The monoisotopic (exact) mass is 265 g/mol. The van der Waals surface area contributed by atoms with Crippen molar-refractivity contribution >= 4 is 0 Å². The molecule has 1 aliphatic rings. The first kappa shape index (κ1) is 14.5. The number of hydrogen-bond donors (Lipinski definition) is 2. The highest BCUT2D eigenvalue weighted by atomic mass is 16.5. The third-order valence-corrected chi connectivity index (χ3v) is 3.56. The maximum absolute atomic E-state index is 9.86. The summed E-state index contributed by atoms with van der Waals surface area (Å²) in [5.74, 6) is 0. The molecule has 2 rings (SSSR count). The SMILES string of the molecule is CCNC(CO)(COC1CCOC1)c1ccccc1. The molecule has 106 valence electrons. The molecule has 1 saturated heterocycles. The van der Waals surface area contributed by atoms with Gasteiger partial charge < -0.3 is 19.9 Å². The molecule has 4 nitrogen and oxygen atoms in total. The molecular weight excluding hydrogens is 242 g/mol. The third-order valence-electron chi connectivity index (χ3n) is 3.56. The van der Waals surface area contributed by atoms with Gasteiger partial charge in [-0.2, -0.15) is 0 Å². The average molecular weight is 265 g/mol. The number of aliphatic hydroxyl groups excluding tert-OH is 1. The Morgan fingerprint density at radius 1 is 1.42 bits per heavy atom. The van der Waals surface area contributed by atoms with Gasteiger partial charge in [0.25, 0.3) is 0 Å². The van der Waals surface area contributed by atoms with Crippen molar-refractivity contribution in [3.63, 3.8) is 0 Å². The molecule has 2 atom stereocenters. The van der Waals surface area contributed by atoms with E-state index in [2.05, 4.69) is 5.32 Å². The molecule has 4 heteroatoms.